The Morgan fingerprint density at radius 2 is 2.32 bits per heavy atom. The van der Waals surface area contributed by atoms with Gasteiger partial charge in [-0.3, -0.25) is 15.2 Å². The predicted molar refractivity (Wildman–Crippen MR) is 80.6 cm³/mol. The summed E-state index contributed by atoms with van der Waals surface area (Å²) >= 11 is 0. The molecule has 2 aromatic rings. The average Bonchev–Trinajstić information content (AvgIpc) is 2.97. The number of carbonyl (C=O) groups is 1. The summed E-state index contributed by atoms with van der Waals surface area (Å²) in [5.74, 6) is -0.293. The molecule has 2 unspecified atom stereocenters. The highest BCUT2D eigenvalue weighted by molar-refractivity contribution is 5.82. The number of halogens is 1. The Bertz CT molecular complexity index is 670. The van der Waals surface area contributed by atoms with Crippen LogP contribution in [0.4, 0.5) is 4.39 Å². The third-order valence-electron chi connectivity index (χ3n) is 3.95. The minimum Gasteiger partial charge on any atom is -0.352 e. The Balaban J connectivity index is 1.57. The molecule has 5 nitrogen and oxygen atoms in total. The van der Waals surface area contributed by atoms with Gasteiger partial charge in [0.1, 0.15) is 5.82 Å². The van der Waals surface area contributed by atoms with Crippen molar-refractivity contribution in [2.45, 2.75) is 38.4 Å². The molecule has 1 aliphatic heterocycles. The average molecular weight is 302 g/mol. The minimum atomic E-state index is -0.270. The highest BCUT2D eigenvalue weighted by Crippen LogP contribution is 2.14. The third kappa shape index (κ3) is 3.17. The summed E-state index contributed by atoms with van der Waals surface area (Å²) in [6.45, 7) is 2.49. The van der Waals surface area contributed by atoms with Crippen molar-refractivity contribution in [3.8, 4) is 0 Å². The highest BCUT2D eigenvalue weighted by Gasteiger charge is 2.26. The molecule has 0 saturated carbocycles. The maximum Gasteiger partial charge on any atom is 0.237 e. The van der Waals surface area contributed by atoms with Crippen LogP contribution in [-0.4, -0.2) is 28.2 Å². The Labute approximate surface area is 128 Å². The SMILES string of the molecule is CC(Cc1ccccc1F)NC(=O)C1Cc2cn[nH]c2CN1. The van der Waals surface area contributed by atoms with E-state index in [1.165, 1.54) is 6.07 Å². The molecule has 2 heterocycles. The third-order valence-corrected chi connectivity index (χ3v) is 3.95. The van der Waals surface area contributed by atoms with Crippen LogP contribution in [0.3, 0.4) is 0 Å². The van der Waals surface area contributed by atoms with Crippen LogP contribution in [-0.2, 0) is 24.2 Å². The van der Waals surface area contributed by atoms with Crippen LogP contribution in [0.1, 0.15) is 23.7 Å². The van der Waals surface area contributed by atoms with Gasteiger partial charge >= 0.3 is 0 Å². The van der Waals surface area contributed by atoms with Crippen LogP contribution in [0.15, 0.2) is 30.5 Å². The number of H-pyrrole nitrogens is 1. The van der Waals surface area contributed by atoms with E-state index in [1.54, 1.807) is 24.4 Å². The lowest BCUT2D eigenvalue weighted by Gasteiger charge is -2.24. The van der Waals surface area contributed by atoms with Gasteiger partial charge in [-0.2, -0.15) is 5.10 Å². The van der Waals surface area contributed by atoms with Gasteiger partial charge in [0.25, 0.3) is 0 Å². The van der Waals surface area contributed by atoms with E-state index < -0.39 is 0 Å². The fraction of sp³-hybridized carbons (Fsp3) is 0.375. The maximum absolute atomic E-state index is 13.6. The van der Waals surface area contributed by atoms with E-state index in [0.717, 1.165) is 11.3 Å². The molecule has 3 N–H and O–H groups in total. The second kappa shape index (κ2) is 6.27. The van der Waals surface area contributed by atoms with Crippen LogP contribution in [0.5, 0.6) is 0 Å². The number of amides is 1. The van der Waals surface area contributed by atoms with E-state index >= 15 is 0 Å². The van der Waals surface area contributed by atoms with Gasteiger partial charge in [0.2, 0.25) is 5.91 Å². The molecule has 1 aliphatic rings. The standard InChI is InChI=1S/C16H19FN4O/c1-10(6-11-4-2-3-5-13(11)17)20-16(22)14-7-12-8-19-21-15(12)9-18-14/h2-5,8,10,14,18H,6-7,9H2,1H3,(H,19,21)(H,20,22). The number of hydrogen-bond donors (Lipinski definition) is 3. The number of nitrogens with zero attached hydrogens (tertiary/aromatic N) is 1. The first-order valence-electron chi connectivity index (χ1n) is 7.42. The van der Waals surface area contributed by atoms with E-state index in [-0.39, 0.29) is 23.8 Å². The van der Waals surface area contributed by atoms with E-state index in [4.69, 9.17) is 0 Å². The predicted octanol–water partition coefficient (Wildman–Crippen LogP) is 1.31. The molecule has 1 aromatic heterocycles. The van der Waals surface area contributed by atoms with Gasteiger partial charge in [-0.15, -0.1) is 0 Å². The molecule has 0 aliphatic carbocycles. The smallest absolute Gasteiger partial charge is 0.237 e. The van der Waals surface area contributed by atoms with Crippen LogP contribution < -0.4 is 10.6 Å². The molecular weight excluding hydrogens is 283 g/mol. The molecule has 1 aromatic carbocycles. The Morgan fingerprint density at radius 3 is 3.14 bits per heavy atom. The number of aromatic nitrogens is 2. The number of hydrogen-bond acceptors (Lipinski definition) is 3. The highest BCUT2D eigenvalue weighted by atomic mass is 19.1. The Morgan fingerprint density at radius 1 is 1.50 bits per heavy atom. The molecule has 0 fully saturated rings. The summed E-state index contributed by atoms with van der Waals surface area (Å²) in [5.41, 5.74) is 2.72. The van der Waals surface area contributed by atoms with Crippen LogP contribution in [0, 0.1) is 5.82 Å². The van der Waals surface area contributed by atoms with Crippen molar-refractivity contribution in [2.75, 3.05) is 0 Å². The van der Waals surface area contributed by atoms with E-state index in [0.29, 0.717) is 24.9 Å². The molecule has 1 amide bonds. The van der Waals surface area contributed by atoms with Gasteiger partial charge in [0.05, 0.1) is 17.9 Å². The molecule has 0 saturated heterocycles. The number of aromatic amines is 1. The lowest BCUT2D eigenvalue weighted by molar-refractivity contribution is -0.123. The molecule has 116 valence electrons. The summed E-state index contributed by atoms with van der Waals surface area (Å²) < 4.78 is 13.6. The first kappa shape index (κ1) is 14.7. The van der Waals surface area contributed by atoms with Crippen LogP contribution in [0.2, 0.25) is 0 Å². The first-order chi connectivity index (χ1) is 10.6. The van der Waals surface area contributed by atoms with Gasteiger partial charge in [0.15, 0.2) is 0 Å². The van der Waals surface area contributed by atoms with E-state index in [9.17, 15) is 9.18 Å². The molecule has 0 spiro atoms. The largest absolute Gasteiger partial charge is 0.352 e. The molecule has 2 atom stereocenters. The lowest BCUT2D eigenvalue weighted by Crippen LogP contribution is -2.50. The van der Waals surface area contributed by atoms with Crippen molar-refractivity contribution >= 4 is 5.91 Å². The molecule has 3 rings (SSSR count). The van der Waals surface area contributed by atoms with Gasteiger partial charge < -0.3 is 5.32 Å². The Kier molecular flexibility index (Phi) is 4.20. The van der Waals surface area contributed by atoms with Crippen LogP contribution >= 0.6 is 0 Å². The van der Waals surface area contributed by atoms with Crippen molar-refractivity contribution in [3.63, 3.8) is 0 Å². The summed E-state index contributed by atoms with van der Waals surface area (Å²) in [6.07, 6.45) is 2.85. The normalized spacial score (nSPS) is 18.5. The van der Waals surface area contributed by atoms with Gasteiger partial charge in [-0.25, -0.2) is 4.39 Å². The van der Waals surface area contributed by atoms with Crippen molar-refractivity contribution in [1.29, 1.82) is 0 Å². The van der Waals surface area contributed by atoms with Crippen molar-refractivity contribution in [1.82, 2.24) is 20.8 Å². The first-order valence-corrected chi connectivity index (χ1v) is 7.42. The fourth-order valence-corrected chi connectivity index (χ4v) is 2.76. The van der Waals surface area contributed by atoms with Crippen LogP contribution in [0.25, 0.3) is 0 Å². The molecule has 6 heteroatoms. The fourth-order valence-electron chi connectivity index (χ4n) is 2.76. The summed E-state index contributed by atoms with van der Waals surface area (Å²) in [7, 11) is 0. The van der Waals surface area contributed by atoms with Gasteiger partial charge in [0, 0.05) is 19.0 Å². The van der Waals surface area contributed by atoms with E-state index in [2.05, 4.69) is 20.8 Å². The zero-order valence-electron chi connectivity index (χ0n) is 12.4. The van der Waals surface area contributed by atoms with Gasteiger partial charge in [-0.1, -0.05) is 18.2 Å². The topological polar surface area (TPSA) is 69.8 Å². The summed E-state index contributed by atoms with van der Waals surface area (Å²) in [6, 6.07) is 6.25. The molecular formula is C16H19FN4O. The summed E-state index contributed by atoms with van der Waals surface area (Å²) in [5, 5.41) is 13.0. The number of rotatable bonds is 4. The molecule has 0 radical (unpaired) electrons. The van der Waals surface area contributed by atoms with E-state index in [1.807, 2.05) is 6.92 Å². The number of benzene rings is 1. The zero-order chi connectivity index (χ0) is 15.5. The minimum absolute atomic E-state index is 0.0595. The quantitative estimate of drug-likeness (QED) is 0.797. The zero-order valence-corrected chi connectivity index (χ0v) is 12.4. The van der Waals surface area contributed by atoms with Crippen molar-refractivity contribution in [2.24, 2.45) is 0 Å². The molecule has 0 bridgehead atoms. The van der Waals surface area contributed by atoms with Crippen molar-refractivity contribution < 1.29 is 9.18 Å². The number of nitrogens with one attached hydrogen (secondary N) is 3. The monoisotopic (exact) mass is 302 g/mol. The summed E-state index contributed by atoms with van der Waals surface area (Å²) in [4.78, 5) is 12.3. The second-order valence-electron chi connectivity index (χ2n) is 5.72. The van der Waals surface area contributed by atoms with Crippen molar-refractivity contribution in [3.05, 3.63) is 53.1 Å². The maximum atomic E-state index is 13.6. The molecule has 22 heavy (non-hydrogen) atoms. The number of carbonyl (C=O) groups excluding carboxylic acids is 1. The second-order valence-corrected chi connectivity index (χ2v) is 5.72. The lowest BCUT2D eigenvalue weighted by atomic mass is 10.0. The number of fused-ring (bicyclic) bond motifs is 1. The Hall–Kier alpha value is -2.21. The van der Waals surface area contributed by atoms with Gasteiger partial charge in [-0.05, 0) is 30.5 Å².